The molecule has 2 atom stereocenters. The highest BCUT2D eigenvalue weighted by Crippen LogP contribution is 2.27. The SMILES string of the molecule is CC(C)(C)OC(=O)N1CC2CC=CCC1CN2C(=O)OC(C)(C)C. The molecule has 0 N–H and O–H groups in total. The van der Waals surface area contributed by atoms with Crippen molar-refractivity contribution in [1.82, 2.24) is 9.80 Å². The molecule has 6 heteroatoms. The van der Waals surface area contributed by atoms with Crippen molar-refractivity contribution in [3.63, 3.8) is 0 Å². The molecule has 0 spiro atoms. The molecule has 2 bridgehead atoms. The molecule has 2 amide bonds. The van der Waals surface area contributed by atoms with Gasteiger partial charge in [-0.3, -0.25) is 0 Å². The summed E-state index contributed by atoms with van der Waals surface area (Å²) in [7, 11) is 0. The fourth-order valence-electron chi connectivity index (χ4n) is 2.95. The number of rotatable bonds is 0. The zero-order chi connectivity index (χ0) is 18.1. The van der Waals surface area contributed by atoms with E-state index in [0.29, 0.717) is 25.9 Å². The molecule has 0 aromatic heterocycles. The first-order valence-corrected chi connectivity index (χ1v) is 8.60. The number of nitrogens with zero attached hydrogens (tertiary/aromatic N) is 2. The highest BCUT2D eigenvalue weighted by Gasteiger charge is 2.41. The molecular formula is C18H30N2O4. The van der Waals surface area contributed by atoms with Crippen LogP contribution in [-0.2, 0) is 9.47 Å². The number of carbonyl (C=O) groups excluding carboxylic acids is 2. The predicted octanol–water partition coefficient (Wildman–Crippen LogP) is 3.56. The molecule has 0 radical (unpaired) electrons. The lowest BCUT2D eigenvalue weighted by Gasteiger charge is -2.46. The fourth-order valence-corrected chi connectivity index (χ4v) is 2.95. The molecule has 24 heavy (non-hydrogen) atoms. The Labute approximate surface area is 144 Å². The van der Waals surface area contributed by atoms with Gasteiger partial charge in [0.25, 0.3) is 0 Å². The summed E-state index contributed by atoms with van der Waals surface area (Å²) >= 11 is 0. The minimum Gasteiger partial charge on any atom is -0.444 e. The van der Waals surface area contributed by atoms with E-state index in [1.165, 1.54) is 0 Å². The number of ether oxygens (including phenoxy) is 2. The Bertz CT molecular complexity index is 470. The van der Waals surface area contributed by atoms with Crippen LogP contribution >= 0.6 is 0 Å². The van der Waals surface area contributed by atoms with Crippen molar-refractivity contribution in [1.29, 1.82) is 0 Å². The van der Waals surface area contributed by atoms with Crippen LogP contribution in [0.4, 0.5) is 9.59 Å². The van der Waals surface area contributed by atoms with Crippen molar-refractivity contribution < 1.29 is 19.1 Å². The standard InChI is InChI=1S/C18H30N2O4/c1-17(2,3)23-15(21)19-11-14-10-8-7-9-13(19)12-20(14)16(22)24-18(4,5)6/h7-8,13-14H,9-12H2,1-6H3. The fraction of sp³-hybridized carbons (Fsp3) is 0.778. The van der Waals surface area contributed by atoms with Crippen LogP contribution in [0, 0.1) is 0 Å². The maximum Gasteiger partial charge on any atom is 0.410 e. The number of hydrogen-bond donors (Lipinski definition) is 0. The topological polar surface area (TPSA) is 59.1 Å². The highest BCUT2D eigenvalue weighted by atomic mass is 16.6. The van der Waals surface area contributed by atoms with E-state index < -0.39 is 11.2 Å². The quantitative estimate of drug-likeness (QED) is 0.634. The lowest BCUT2D eigenvalue weighted by Crippen LogP contribution is -2.62. The van der Waals surface area contributed by atoms with Gasteiger partial charge in [0.1, 0.15) is 11.2 Å². The van der Waals surface area contributed by atoms with Gasteiger partial charge in [-0.15, -0.1) is 0 Å². The van der Waals surface area contributed by atoms with E-state index in [2.05, 4.69) is 12.2 Å². The normalized spacial score (nSPS) is 24.4. The maximum atomic E-state index is 12.5. The average Bonchev–Trinajstić information content (AvgIpc) is 2.33. The van der Waals surface area contributed by atoms with Crippen molar-refractivity contribution in [3.05, 3.63) is 12.2 Å². The van der Waals surface area contributed by atoms with Gasteiger partial charge in [-0.2, -0.15) is 0 Å². The molecule has 0 saturated carbocycles. The summed E-state index contributed by atoms with van der Waals surface area (Å²) < 4.78 is 11.1. The van der Waals surface area contributed by atoms with E-state index in [4.69, 9.17) is 9.47 Å². The molecule has 0 aromatic rings. The second-order valence-corrected chi connectivity index (χ2v) is 8.52. The van der Waals surface area contributed by atoms with Crippen molar-refractivity contribution in [3.8, 4) is 0 Å². The second kappa shape index (κ2) is 6.65. The summed E-state index contributed by atoms with van der Waals surface area (Å²) in [6.07, 6.45) is 4.98. The lowest BCUT2D eigenvalue weighted by molar-refractivity contribution is -0.0306. The van der Waals surface area contributed by atoms with E-state index in [1.807, 2.05) is 41.5 Å². The third-order valence-electron chi connectivity index (χ3n) is 3.94. The van der Waals surface area contributed by atoms with E-state index in [0.717, 1.165) is 0 Å². The van der Waals surface area contributed by atoms with Gasteiger partial charge in [-0.25, -0.2) is 9.59 Å². The van der Waals surface area contributed by atoms with Crippen LogP contribution in [0.1, 0.15) is 54.4 Å². The molecule has 3 aliphatic heterocycles. The summed E-state index contributed by atoms with van der Waals surface area (Å²) in [5, 5.41) is 0. The Morgan fingerprint density at radius 1 is 0.792 bits per heavy atom. The molecule has 1 saturated heterocycles. The molecule has 1 fully saturated rings. The van der Waals surface area contributed by atoms with Crippen LogP contribution < -0.4 is 0 Å². The van der Waals surface area contributed by atoms with Crippen LogP contribution in [0.2, 0.25) is 0 Å². The molecule has 3 rings (SSSR count). The van der Waals surface area contributed by atoms with Gasteiger partial charge >= 0.3 is 12.2 Å². The van der Waals surface area contributed by atoms with Gasteiger partial charge < -0.3 is 19.3 Å². The summed E-state index contributed by atoms with van der Waals surface area (Å²) in [5.41, 5.74) is -1.06. The Kier molecular flexibility index (Phi) is 5.16. The Hall–Kier alpha value is -1.72. The van der Waals surface area contributed by atoms with Crippen LogP contribution in [-0.4, -0.2) is 58.4 Å². The minimum absolute atomic E-state index is 0.0832. The maximum absolute atomic E-state index is 12.5. The average molecular weight is 338 g/mol. The van der Waals surface area contributed by atoms with Crippen molar-refractivity contribution in [2.45, 2.75) is 77.7 Å². The number of amides is 2. The Morgan fingerprint density at radius 2 is 1.12 bits per heavy atom. The monoisotopic (exact) mass is 338 g/mol. The van der Waals surface area contributed by atoms with E-state index in [-0.39, 0.29) is 24.3 Å². The van der Waals surface area contributed by atoms with Crippen LogP contribution in [0.15, 0.2) is 12.2 Å². The van der Waals surface area contributed by atoms with Crippen molar-refractivity contribution >= 4 is 12.2 Å². The third-order valence-corrected chi connectivity index (χ3v) is 3.94. The molecule has 0 aromatic carbocycles. The first kappa shape index (κ1) is 18.6. The second-order valence-electron chi connectivity index (χ2n) is 8.52. The zero-order valence-electron chi connectivity index (χ0n) is 15.7. The Morgan fingerprint density at radius 3 is 1.42 bits per heavy atom. The predicted molar refractivity (Wildman–Crippen MR) is 91.8 cm³/mol. The molecule has 3 heterocycles. The number of fused-ring (bicyclic) bond motifs is 4. The summed E-state index contributed by atoms with van der Waals surface area (Å²) in [6, 6.07) is -0.166. The highest BCUT2D eigenvalue weighted by molar-refractivity contribution is 5.72. The first-order chi connectivity index (χ1) is 11.0. The zero-order valence-corrected chi connectivity index (χ0v) is 15.7. The number of piperazine rings is 1. The number of hydrogen-bond acceptors (Lipinski definition) is 4. The van der Waals surface area contributed by atoms with Gasteiger partial charge in [0.15, 0.2) is 0 Å². The molecule has 3 aliphatic rings. The Balaban J connectivity index is 2.14. The number of carbonyl (C=O) groups is 2. The van der Waals surface area contributed by atoms with Gasteiger partial charge in [-0.05, 0) is 54.4 Å². The molecule has 2 unspecified atom stereocenters. The van der Waals surface area contributed by atoms with Gasteiger partial charge in [0.05, 0.1) is 12.1 Å². The van der Waals surface area contributed by atoms with E-state index in [9.17, 15) is 9.59 Å². The lowest BCUT2D eigenvalue weighted by atomic mass is 9.98. The van der Waals surface area contributed by atoms with Crippen LogP contribution in [0.25, 0.3) is 0 Å². The van der Waals surface area contributed by atoms with Gasteiger partial charge in [0, 0.05) is 13.1 Å². The summed E-state index contributed by atoms with van der Waals surface area (Å²) in [6.45, 7) is 12.1. The molecule has 136 valence electrons. The third kappa shape index (κ3) is 4.89. The molecular weight excluding hydrogens is 308 g/mol. The smallest absolute Gasteiger partial charge is 0.410 e. The van der Waals surface area contributed by atoms with Gasteiger partial charge in [-0.1, -0.05) is 12.2 Å². The first-order valence-electron chi connectivity index (χ1n) is 8.60. The molecule has 0 aliphatic carbocycles. The van der Waals surface area contributed by atoms with Crippen LogP contribution in [0.5, 0.6) is 0 Å². The van der Waals surface area contributed by atoms with Crippen molar-refractivity contribution in [2.75, 3.05) is 13.1 Å². The molecule has 6 nitrogen and oxygen atoms in total. The summed E-state index contributed by atoms with van der Waals surface area (Å²) in [5.74, 6) is 0. The summed E-state index contributed by atoms with van der Waals surface area (Å²) in [4.78, 5) is 28.6. The van der Waals surface area contributed by atoms with Gasteiger partial charge in [0.2, 0.25) is 0 Å². The van der Waals surface area contributed by atoms with Crippen molar-refractivity contribution in [2.24, 2.45) is 0 Å². The van der Waals surface area contributed by atoms with E-state index in [1.54, 1.807) is 9.80 Å². The minimum atomic E-state index is -0.528. The largest absolute Gasteiger partial charge is 0.444 e. The van der Waals surface area contributed by atoms with Crippen LogP contribution in [0.3, 0.4) is 0 Å². The van der Waals surface area contributed by atoms with E-state index >= 15 is 0 Å².